The second kappa shape index (κ2) is 17.9. The molecule has 0 saturated carbocycles. The van der Waals surface area contributed by atoms with E-state index in [4.69, 9.17) is 0 Å². The minimum Gasteiger partial charge on any atom is -0.371 e. The second-order valence-corrected chi connectivity index (χ2v) is 19.6. The van der Waals surface area contributed by atoms with E-state index in [0.29, 0.717) is 75.7 Å². The van der Waals surface area contributed by atoms with Crippen molar-refractivity contribution >= 4 is 46.6 Å². The molecule has 0 radical (unpaired) electrons. The van der Waals surface area contributed by atoms with E-state index in [1.807, 2.05) is 18.2 Å². The molecule has 342 valence electrons. The molecule has 6 aliphatic heterocycles. The number of nitrogens with one attached hydrogen (secondary N) is 3. The zero-order valence-corrected chi connectivity index (χ0v) is 37.3. The van der Waals surface area contributed by atoms with Crippen molar-refractivity contribution in [2.45, 2.75) is 95.9 Å². The Hall–Kier alpha value is -5.42. The smallest absolute Gasteiger partial charge is 0.255 e. The minimum atomic E-state index is -0.621. The van der Waals surface area contributed by atoms with E-state index < -0.39 is 29.1 Å². The molecule has 4 amide bonds. The van der Waals surface area contributed by atoms with E-state index in [-0.39, 0.29) is 41.8 Å². The Morgan fingerprint density at radius 3 is 2.34 bits per heavy atom. The molecule has 1 spiro atoms. The molecular weight excluding hydrogens is 821 g/mol. The van der Waals surface area contributed by atoms with E-state index >= 15 is 8.78 Å². The lowest BCUT2D eigenvalue weighted by Gasteiger charge is -2.48. The highest BCUT2D eigenvalue weighted by molar-refractivity contribution is 6.05. The van der Waals surface area contributed by atoms with Crippen molar-refractivity contribution in [1.29, 1.82) is 0 Å². The maximum absolute atomic E-state index is 15.7. The van der Waals surface area contributed by atoms with Crippen LogP contribution < -0.4 is 30.7 Å². The SMILES string of the molecule is CN(CCNc1cc(N2CCC3(CC2)CN(c2cc(F)c(CN4CCC(C)(C)CC4)cc2F)CC(=O)N3)ncn1)C1CCN(c2ccc3c(c2)CN(C2CCC(=O)NC2=O)C3=O)CC1. The number of piperazine rings is 1. The van der Waals surface area contributed by atoms with Crippen molar-refractivity contribution in [2.75, 3.05) is 92.5 Å². The number of hydrogen-bond acceptors (Lipinski definition) is 12. The van der Waals surface area contributed by atoms with Crippen LogP contribution in [-0.2, 0) is 27.5 Å². The first-order valence-electron chi connectivity index (χ1n) is 23.0. The van der Waals surface area contributed by atoms with Crippen LogP contribution in [0.25, 0.3) is 0 Å². The maximum atomic E-state index is 15.7. The number of rotatable bonds is 11. The van der Waals surface area contributed by atoms with Gasteiger partial charge >= 0.3 is 0 Å². The van der Waals surface area contributed by atoms with Gasteiger partial charge in [0.15, 0.2) is 0 Å². The average molecular weight is 882 g/mol. The number of likely N-dealkylation sites (tertiary alicyclic amines) is 1. The third-order valence-corrected chi connectivity index (χ3v) is 14.7. The predicted octanol–water partition coefficient (Wildman–Crippen LogP) is 4.13. The van der Waals surface area contributed by atoms with Gasteiger partial charge in [0.1, 0.15) is 35.6 Å². The topological polar surface area (TPSA) is 150 Å². The fourth-order valence-corrected chi connectivity index (χ4v) is 10.6. The summed E-state index contributed by atoms with van der Waals surface area (Å²) in [6.45, 7) is 11.9. The zero-order chi connectivity index (χ0) is 44.8. The lowest BCUT2D eigenvalue weighted by molar-refractivity contribution is -0.137. The number of likely N-dealkylation sites (N-methyl/N-ethyl adjacent to an activating group) is 1. The van der Waals surface area contributed by atoms with E-state index in [0.717, 1.165) is 81.3 Å². The lowest BCUT2D eigenvalue weighted by Crippen LogP contribution is -2.66. The number of aromatic nitrogens is 2. The van der Waals surface area contributed by atoms with Crippen molar-refractivity contribution in [3.63, 3.8) is 0 Å². The molecule has 3 N–H and O–H groups in total. The van der Waals surface area contributed by atoms with Gasteiger partial charge in [-0.15, -0.1) is 0 Å². The van der Waals surface area contributed by atoms with Crippen molar-refractivity contribution in [3.8, 4) is 0 Å². The molecule has 1 atom stereocenters. The largest absolute Gasteiger partial charge is 0.371 e. The van der Waals surface area contributed by atoms with Crippen LogP contribution in [0.4, 0.5) is 31.8 Å². The van der Waals surface area contributed by atoms with Crippen molar-refractivity contribution in [1.82, 2.24) is 35.3 Å². The number of benzene rings is 2. The third kappa shape index (κ3) is 9.37. The highest BCUT2D eigenvalue weighted by atomic mass is 19.1. The van der Waals surface area contributed by atoms with Crippen LogP contribution in [0.15, 0.2) is 42.7 Å². The number of carbonyl (C=O) groups excluding carboxylic acids is 4. The third-order valence-electron chi connectivity index (χ3n) is 14.7. The first kappa shape index (κ1) is 43.8. The molecule has 1 unspecified atom stereocenters. The number of hydrogen-bond donors (Lipinski definition) is 3. The summed E-state index contributed by atoms with van der Waals surface area (Å²) >= 11 is 0. The van der Waals surface area contributed by atoms with Gasteiger partial charge in [-0.05, 0) is 100 Å². The molecule has 17 heteroatoms. The number of amides is 4. The van der Waals surface area contributed by atoms with Crippen LogP contribution in [0.3, 0.4) is 0 Å². The summed E-state index contributed by atoms with van der Waals surface area (Å²) in [4.78, 5) is 71.9. The number of imide groups is 1. The monoisotopic (exact) mass is 881 g/mol. The quantitative estimate of drug-likeness (QED) is 0.238. The van der Waals surface area contributed by atoms with Gasteiger partial charge in [0.05, 0.1) is 17.8 Å². The van der Waals surface area contributed by atoms with E-state index in [1.54, 1.807) is 16.1 Å². The van der Waals surface area contributed by atoms with Gasteiger partial charge in [0, 0.05) is 100 Å². The Labute approximate surface area is 373 Å². The van der Waals surface area contributed by atoms with E-state index in [1.165, 1.54) is 12.1 Å². The van der Waals surface area contributed by atoms with Crippen LogP contribution in [0.1, 0.15) is 86.7 Å². The van der Waals surface area contributed by atoms with Gasteiger partial charge in [0.2, 0.25) is 17.7 Å². The molecule has 0 bridgehead atoms. The first-order valence-corrected chi connectivity index (χ1v) is 23.0. The summed E-state index contributed by atoms with van der Waals surface area (Å²) in [5.41, 5.74) is 2.82. The molecule has 7 heterocycles. The van der Waals surface area contributed by atoms with Crippen LogP contribution in [0, 0.1) is 17.0 Å². The highest BCUT2D eigenvalue weighted by Crippen LogP contribution is 2.36. The van der Waals surface area contributed by atoms with E-state index in [2.05, 4.69) is 72.5 Å². The lowest BCUT2D eigenvalue weighted by atomic mass is 9.82. The van der Waals surface area contributed by atoms with Crippen molar-refractivity contribution in [3.05, 3.63) is 71.1 Å². The van der Waals surface area contributed by atoms with Crippen molar-refractivity contribution in [2.24, 2.45) is 5.41 Å². The number of anilines is 4. The van der Waals surface area contributed by atoms with E-state index in [9.17, 15) is 19.2 Å². The van der Waals surface area contributed by atoms with Gasteiger partial charge in [-0.25, -0.2) is 18.7 Å². The van der Waals surface area contributed by atoms with Gasteiger partial charge < -0.3 is 35.1 Å². The van der Waals surface area contributed by atoms with Gasteiger partial charge in [-0.1, -0.05) is 13.8 Å². The van der Waals surface area contributed by atoms with Crippen LogP contribution in [-0.4, -0.2) is 138 Å². The molecule has 6 aliphatic rings. The molecular formula is C47H61F2N11O4. The molecule has 1 aromatic heterocycles. The fourth-order valence-electron chi connectivity index (χ4n) is 10.6. The zero-order valence-electron chi connectivity index (χ0n) is 37.3. The standard InChI is InChI=1S/C47H61F2N11O4/c1-46(2)10-17-56(18-11-46)26-32-23-37(49)39(24-36(32)48)59-28-43(62)54-47(29-59)12-19-58(20-13-47)41-25-40(51-30-52-41)50-14-21-55(3)33-8-15-57(16-9-33)34-4-5-35-31(22-34)27-60(45(35)64)38-6-7-42(61)53-44(38)63/h4-5,22-25,30,33,38H,6-21,26-29H2,1-3H3,(H,54,62)(H,50,51,52)(H,53,61,63). The molecule has 0 aliphatic carbocycles. The predicted molar refractivity (Wildman–Crippen MR) is 240 cm³/mol. The first-order chi connectivity index (χ1) is 30.7. The maximum Gasteiger partial charge on any atom is 0.255 e. The molecule has 5 saturated heterocycles. The van der Waals surface area contributed by atoms with Gasteiger partial charge in [-0.2, -0.15) is 0 Å². The fraction of sp³-hybridized carbons (Fsp3) is 0.574. The summed E-state index contributed by atoms with van der Waals surface area (Å²) in [7, 11) is 2.16. The second-order valence-electron chi connectivity index (χ2n) is 19.6. The number of piperidine rings is 4. The summed E-state index contributed by atoms with van der Waals surface area (Å²) in [6, 6.07) is 10.3. The Morgan fingerprint density at radius 1 is 0.828 bits per heavy atom. The van der Waals surface area contributed by atoms with Crippen LogP contribution in [0.2, 0.25) is 0 Å². The number of nitrogens with zero attached hydrogens (tertiary/aromatic N) is 8. The minimum absolute atomic E-state index is 0.0209. The number of fused-ring (bicyclic) bond motifs is 1. The normalized spacial score (nSPS) is 22.9. The summed E-state index contributed by atoms with van der Waals surface area (Å²) in [6.07, 6.45) is 7.47. The van der Waals surface area contributed by atoms with Gasteiger partial charge in [-0.3, -0.25) is 29.4 Å². The summed E-state index contributed by atoms with van der Waals surface area (Å²) in [5.74, 6) is -0.435. The molecule has 9 rings (SSSR count). The Bertz CT molecular complexity index is 2270. The average Bonchev–Trinajstić information content (AvgIpc) is 3.60. The molecule has 2 aromatic carbocycles. The van der Waals surface area contributed by atoms with Crippen LogP contribution >= 0.6 is 0 Å². The van der Waals surface area contributed by atoms with Crippen LogP contribution in [0.5, 0.6) is 0 Å². The van der Waals surface area contributed by atoms with Crippen molar-refractivity contribution < 1.29 is 28.0 Å². The number of halogens is 2. The van der Waals surface area contributed by atoms with Gasteiger partial charge in [0.25, 0.3) is 5.91 Å². The molecule has 64 heavy (non-hydrogen) atoms. The highest BCUT2D eigenvalue weighted by Gasteiger charge is 2.43. The number of carbonyl (C=O) groups is 4. The Balaban J connectivity index is 0.729. The molecule has 5 fully saturated rings. The Kier molecular flexibility index (Phi) is 12.2. The summed E-state index contributed by atoms with van der Waals surface area (Å²) < 4.78 is 31.2. The molecule has 15 nitrogen and oxygen atoms in total. The Morgan fingerprint density at radius 2 is 1.59 bits per heavy atom. The summed E-state index contributed by atoms with van der Waals surface area (Å²) in [5, 5.41) is 9.05. The molecule has 3 aromatic rings.